The summed E-state index contributed by atoms with van der Waals surface area (Å²) in [7, 11) is 0. The highest BCUT2D eigenvalue weighted by Crippen LogP contribution is 2.39. The molecular weight excluding hydrogens is 308 g/mol. The molecule has 1 aliphatic carbocycles. The fourth-order valence-corrected chi connectivity index (χ4v) is 3.60. The molecule has 1 saturated heterocycles. The molecule has 136 valence electrons. The summed E-state index contributed by atoms with van der Waals surface area (Å²) < 4.78 is 11.4. The molecule has 1 fully saturated rings. The van der Waals surface area contributed by atoms with Crippen LogP contribution >= 0.6 is 0 Å². The van der Waals surface area contributed by atoms with E-state index >= 15 is 0 Å². The topological polar surface area (TPSA) is 72.8 Å². The minimum atomic E-state index is -0.454. The van der Waals surface area contributed by atoms with Crippen LogP contribution in [0.3, 0.4) is 0 Å². The van der Waals surface area contributed by atoms with Gasteiger partial charge in [-0.3, -0.25) is 9.59 Å². The predicted molar refractivity (Wildman–Crippen MR) is 90.0 cm³/mol. The molecule has 1 N–H and O–H groups in total. The highest BCUT2D eigenvalue weighted by Gasteiger charge is 2.48. The molecule has 5 heteroatoms. The summed E-state index contributed by atoms with van der Waals surface area (Å²) >= 11 is 0. The third-order valence-corrected chi connectivity index (χ3v) is 5.31. The van der Waals surface area contributed by atoms with E-state index in [0.29, 0.717) is 19.3 Å². The number of fused-ring (bicyclic) bond motifs is 1. The van der Waals surface area contributed by atoms with Gasteiger partial charge in [0.05, 0.1) is 17.9 Å². The molecule has 0 spiro atoms. The Balaban J connectivity index is 2.33. The van der Waals surface area contributed by atoms with Gasteiger partial charge < -0.3 is 14.6 Å². The van der Waals surface area contributed by atoms with Crippen LogP contribution in [-0.4, -0.2) is 35.4 Å². The maximum absolute atomic E-state index is 12.2. The molecule has 0 saturated carbocycles. The Morgan fingerprint density at radius 2 is 2.04 bits per heavy atom. The SMILES string of the molecule is C/C1=C/CC(O)C(C)C[C@H]2OC(=O)C(C)[C@@H]2[C@H](OC(=O)C(C)C)C1. The van der Waals surface area contributed by atoms with E-state index in [9.17, 15) is 14.7 Å². The first-order chi connectivity index (χ1) is 11.2. The average Bonchev–Trinajstić information content (AvgIpc) is 2.77. The van der Waals surface area contributed by atoms with E-state index in [0.717, 1.165) is 5.57 Å². The van der Waals surface area contributed by atoms with E-state index in [-0.39, 0.29) is 47.8 Å². The number of hydrogen-bond acceptors (Lipinski definition) is 5. The Kier molecular flexibility index (Phi) is 6.07. The van der Waals surface area contributed by atoms with Crippen LogP contribution in [0, 0.1) is 23.7 Å². The lowest BCUT2D eigenvalue weighted by atomic mass is 9.79. The molecule has 3 unspecified atom stereocenters. The normalized spacial score (nSPS) is 39.6. The van der Waals surface area contributed by atoms with Crippen molar-refractivity contribution in [3.8, 4) is 0 Å². The number of hydrogen-bond donors (Lipinski definition) is 1. The van der Waals surface area contributed by atoms with Crippen LogP contribution in [0.15, 0.2) is 11.6 Å². The highest BCUT2D eigenvalue weighted by atomic mass is 16.6. The second kappa shape index (κ2) is 7.68. The molecule has 2 rings (SSSR count). The number of aliphatic hydroxyl groups is 1. The van der Waals surface area contributed by atoms with Crippen molar-refractivity contribution in [2.24, 2.45) is 23.7 Å². The summed E-state index contributed by atoms with van der Waals surface area (Å²) in [6.45, 7) is 9.40. The largest absolute Gasteiger partial charge is 0.462 e. The van der Waals surface area contributed by atoms with Gasteiger partial charge in [0.2, 0.25) is 0 Å². The first-order valence-corrected chi connectivity index (χ1v) is 8.95. The summed E-state index contributed by atoms with van der Waals surface area (Å²) in [5, 5.41) is 10.3. The fourth-order valence-electron chi connectivity index (χ4n) is 3.60. The number of carbonyl (C=O) groups excluding carboxylic acids is 2. The molecule has 5 nitrogen and oxygen atoms in total. The number of ether oxygens (including phenoxy) is 2. The summed E-state index contributed by atoms with van der Waals surface area (Å²) in [5.74, 6) is -1.16. The van der Waals surface area contributed by atoms with E-state index in [2.05, 4.69) is 0 Å². The summed E-state index contributed by atoms with van der Waals surface area (Å²) in [6, 6.07) is 0. The van der Waals surface area contributed by atoms with Crippen molar-refractivity contribution in [3.05, 3.63) is 11.6 Å². The van der Waals surface area contributed by atoms with E-state index in [4.69, 9.17) is 9.47 Å². The van der Waals surface area contributed by atoms with E-state index in [1.165, 1.54) is 0 Å². The number of rotatable bonds is 2. The van der Waals surface area contributed by atoms with Crippen molar-refractivity contribution in [2.45, 2.75) is 72.2 Å². The van der Waals surface area contributed by atoms with Gasteiger partial charge in [-0.05, 0) is 25.7 Å². The first-order valence-electron chi connectivity index (χ1n) is 8.95. The van der Waals surface area contributed by atoms with E-state index < -0.39 is 6.10 Å². The fraction of sp³-hybridized carbons (Fsp3) is 0.789. The predicted octanol–water partition coefficient (Wildman–Crippen LogP) is 2.86. The van der Waals surface area contributed by atoms with Crippen LogP contribution in [0.4, 0.5) is 0 Å². The van der Waals surface area contributed by atoms with Crippen molar-refractivity contribution in [2.75, 3.05) is 0 Å². The molecule has 2 aliphatic rings. The van der Waals surface area contributed by atoms with Crippen LogP contribution in [-0.2, 0) is 19.1 Å². The maximum Gasteiger partial charge on any atom is 0.309 e. The summed E-state index contributed by atoms with van der Waals surface area (Å²) in [4.78, 5) is 24.3. The smallest absolute Gasteiger partial charge is 0.309 e. The zero-order valence-corrected chi connectivity index (χ0v) is 15.3. The first kappa shape index (κ1) is 19.0. The number of esters is 2. The van der Waals surface area contributed by atoms with Crippen molar-refractivity contribution >= 4 is 11.9 Å². The molecule has 1 heterocycles. The molecule has 0 amide bonds. The van der Waals surface area contributed by atoms with Crippen LogP contribution in [0.5, 0.6) is 0 Å². The van der Waals surface area contributed by atoms with Crippen LogP contribution in [0.1, 0.15) is 53.9 Å². The van der Waals surface area contributed by atoms with Gasteiger partial charge in [-0.15, -0.1) is 0 Å². The Labute approximate surface area is 144 Å². The van der Waals surface area contributed by atoms with Crippen molar-refractivity contribution in [1.29, 1.82) is 0 Å². The Morgan fingerprint density at radius 1 is 1.38 bits per heavy atom. The molecule has 24 heavy (non-hydrogen) atoms. The Hall–Kier alpha value is -1.36. The lowest BCUT2D eigenvalue weighted by Gasteiger charge is -2.32. The second-order valence-electron chi connectivity index (χ2n) is 7.74. The second-order valence-corrected chi connectivity index (χ2v) is 7.74. The lowest BCUT2D eigenvalue weighted by molar-refractivity contribution is -0.157. The zero-order valence-electron chi connectivity index (χ0n) is 15.3. The third kappa shape index (κ3) is 4.18. The lowest BCUT2D eigenvalue weighted by Crippen LogP contribution is -2.39. The molecule has 0 aromatic carbocycles. The van der Waals surface area contributed by atoms with Gasteiger partial charge in [0.1, 0.15) is 12.2 Å². The van der Waals surface area contributed by atoms with Gasteiger partial charge in [0.15, 0.2) is 0 Å². The molecule has 0 bridgehead atoms. The minimum absolute atomic E-state index is 0.0131. The van der Waals surface area contributed by atoms with E-state index in [1.807, 2.05) is 26.8 Å². The highest BCUT2D eigenvalue weighted by molar-refractivity contribution is 5.75. The van der Waals surface area contributed by atoms with Gasteiger partial charge in [-0.25, -0.2) is 0 Å². The van der Waals surface area contributed by atoms with Crippen molar-refractivity contribution in [3.63, 3.8) is 0 Å². The molecule has 1 aliphatic heterocycles. The quantitative estimate of drug-likeness (QED) is 0.619. The van der Waals surface area contributed by atoms with Gasteiger partial charge in [-0.1, -0.05) is 39.3 Å². The Bertz CT molecular complexity index is 510. The monoisotopic (exact) mass is 338 g/mol. The summed E-state index contributed by atoms with van der Waals surface area (Å²) in [6.07, 6.45) is 2.60. The average molecular weight is 338 g/mol. The van der Waals surface area contributed by atoms with Crippen molar-refractivity contribution < 1.29 is 24.2 Å². The van der Waals surface area contributed by atoms with Gasteiger partial charge >= 0.3 is 11.9 Å². The molecule has 0 aromatic rings. The molecule has 0 radical (unpaired) electrons. The third-order valence-electron chi connectivity index (χ3n) is 5.31. The van der Waals surface area contributed by atoms with Crippen LogP contribution in [0.25, 0.3) is 0 Å². The minimum Gasteiger partial charge on any atom is -0.462 e. The van der Waals surface area contributed by atoms with Crippen LogP contribution in [0.2, 0.25) is 0 Å². The number of aliphatic hydroxyl groups excluding tert-OH is 1. The van der Waals surface area contributed by atoms with Gasteiger partial charge in [0, 0.05) is 12.3 Å². The molecule has 0 aromatic heterocycles. The number of carbonyl (C=O) groups is 2. The van der Waals surface area contributed by atoms with Gasteiger partial charge in [-0.2, -0.15) is 0 Å². The summed E-state index contributed by atoms with van der Waals surface area (Å²) in [5.41, 5.74) is 1.06. The van der Waals surface area contributed by atoms with Crippen molar-refractivity contribution in [1.82, 2.24) is 0 Å². The van der Waals surface area contributed by atoms with Gasteiger partial charge in [0.25, 0.3) is 0 Å². The standard InChI is InChI=1S/C19H30O5/c1-10(2)18(21)23-15-8-11(3)6-7-14(20)12(4)9-16-17(15)13(5)19(22)24-16/h6,10,12-17,20H,7-9H2,1-5H3/b11-6-/t12?,13?,14?,15-,16-,17-/m1/s1. The zero-order chi connectivity index (χ0) is 18.0. The van der Waals surface area contributed by atoms with Crippen LogP contribution < -0.4 is 0 Å². The molecule has 6 atom stereocenters. The Morgan fingerprint density at radius 3 is 2.67 bits per heavy atom. The van der Waals surface area contributed by atoms with E-state index in [1.54, 1.807) is 13.8 Å². The molecular formula is C19H30O5. The maximum atomic E-state index is 12.2.